The summed E-state index contributed by atoms with van der Waals surface area (Å²) in [7, 11) is 0. The van der Waals surface area contributed by atoms with E-state index in [4.69, 9.17) is 16.9 Å². The smallest absolute Gasteiger partial charge is 0.101 e. The lowest BCUT2D eigenvalue weighted by atomic mass is 10.1. The van der Waals surface area contributed by atoms with Gasteiger partial charge in [0.15, 0.2) is 0 Å². The van der Waals surface area contributed by atoms with Crippen molar-refractivity contribution in [3.8, 4) is 6.07 Å². The minimum atomic E-state index is 0.498. The van der Waals surface area contributed by atoms with Gasteiger partial charge in [0.05, 0.1) is 10.6 Å². The van der Waals surface area contributed by atoms with Gasteiger partial charge in [0, 0.05) is 12.2 Å². The summed E-state index contributed by atoms with van der Waals surface area (Å²) in [5.74, 6) is 0. The average Bonchev–Trinajstić information content (AvgIpc) is 2.46. The van der Waals surface area contributed by atoms with Crippen LogP contribution in [0.4, 0.5) is 5.69 Å². The van der Waals surface area contributed by atoms with E-state index in [1.807, 2.05) is 12.1 Å². The van der Waals surface area contributed by atoms with Gasteiger partial charge in [0.25, 0.3) is 0 Å². The molecule has 2 aromatic rings. The summed E-state index contributed by atoms with van der Waals surface area (Å²) < 4.78 is 0. The number of hydrogen-bond acceptors (Lipinski definition) is 2. The zero-order chi connectivity index (χ0) is 13.5. The Morgan fingerprint density at radius 3 is 2.63 bits per heavy atom. The normalized spacial score (nSPS) is 9.89. The maximum absolute atomic E-state index is 8.90. The second-order valence-electron chi connectivity index (χ2n) is 4.32. The molecule has 0 aliphatic rings. The molecular weight excluding hydrogens is 256 g/mol. The fraction of sp³-hybridized carbons (Fsp3) is 0.188. The van der Waals surface area contributed by atoms with Crippen molar-refractivity contribution in [2.24, 2.45) is 0 Å². The molecule has 0 amide bonds. The molecule has 0 saturated carbocycles. The van der Waals surface area contributed by atoms with E-state index in [-0.39, 0.29) is 0 Å². The number of anilines is 1. The van der Waals surface area contributed by atoms with Gasteiger partial charge in [-0.15, -0.1) is 0 Å². The van der Waals surface area contributed by atoms with Gasteiger partial charge in [-0.2, -0.15) is 5.26 Å². The second kappa shape index (κ2) is 6.82. The Morgan fingerprint density at radius 1 is 1.11 bits per heavy atom. The number of halogens is 1. The summed E-state index contributed by atoms with van der Waals surface area (Å²) in [5.41, 5.74) is 2.79. The maximum Gasteiger partial charge on any atom is 0.101 e. The van der Waals surface area contributed by atoms with Gasteiger partial charge in [-0.1, -0.05) is 41.9 Å². The topological polar surface area (TPSA) is 35.8 Å². The lowest BCUT2D eigenvalue weighted by Crippen LogP contribution is -2.03. The van der Waals surface area contributed by atoms with Crippen LogP contribution < -0.4 is 5.32 Å². The lowest BCUT2D eigenvalue weighted by Gasteiger charge is -2.07. The third-order valence-electron chi connectivity index (χ3n) is 2.90. The zero-order valence-electron chi connectivity index (χ0n) is 10.6. The van der Waals surface area contributed by atoms with Crippen LogP contribution >= 0.6 is 11.6 Å². The summed E-state index contributed by atoms with van der Waals surface area (Å²) in [4.78, 5) is 0. The van der Waals surface area contributed by atoms with Crippen molar-refractivity contribution < 1.29 is 0 Å². The minimum Gasteiger partial charge on any atom is -0.385 e. The van der Waals surface area contributed by atoms with Crippen LogP contribution in [-0.2, 0) is 6.42 Å². The summed E-state index contributed by atoms with van der Waals surface area (Å²) in [6.45, 7) is 0.876. The number of aryl methyl sites for hydroxylation is 1. The summed E-state index contributed by atoms with van der Waals surface area (Å²) in [6, 6.07) is 17.9. The first-order valence-corrected chi connectivity index (χ1v) is 6.65. The number of hydrogen-bond donors (Lipinski definition) is 1. The highest BCUT2D eigenvalue weighted by Gasteiger charge is 2.00. The van der Waals surface area contributed by atoms with Gasteiger partial charge in [0.1, 0.15) is 6.07 Å². The highest BCUT2D eigenvalue weighted by Crippen LogP contribution is 2.19. The Kier molecular flexibility index (Phi) is 4.83. The molecule has 0 fully saturated rings. The van der Waals surface area contributed by atoms with E-state index < -0.39 is 0 Å². The predicted molar refractivity (Wildman–Crippen MR) is 79.4 cm³/mol. The van der Waals surface area contributed by atoms with Crippen molar-refractivity contribution >= 4 is 17.3 Å². The molecule has 2 nitrogen and oxygen atoms in total. The Balaban J connectivity index is 1.82. The third-order valence-corrected chi connectivity index (χ3v) is 3.23. The van der Waals surface area contributed by atoms with Gasteiger partial charge in [-0.3, -0.25) is 0 Å². The van der Waals surface area contributed by atoms with Crippen LogP contribution in [0.25, 0.3) is 0 Å². The van der Waals surface area contributed by atoms with Crippen LogP contribution in [0.2, 0.25) is 5.02 Å². The Morgan fingerprint density at radius 2 is 1.89 bits per heavy atom. The first-order valence-electron chi connectivity index (χ1n) is 6.27. The van der Waals surface area contributed by atoms with Crippen LogP contribution in [-0.4, -0.2) is 6.54 Å². The number of rotatable bonds is 5. The van der Waals surface area contributed by atoms with Crippen molar-refractivity contribution in [1.29, 1.82) is 5.26 Å². The molecule has 96 valence electrons. The van der Waals surface area contributed by atoms with Crippen molar-refractivity contribution in [3.05, 3.63) is 64.7 Å². The maximum atomic E-state index is 8.90. The molecule has 0 aliphatic heterocycles. The Bertz CT molecular complexity index is 573. The number of benzene rings is 2. The highest BCUT2D eigenvalue weighted by atomic mass is 35.5. The Labute approximate surface area is 118 Å². The quantitative estimate of drug-likeness (QED) is 0.824. The standard InChI is InChI=1S/C16H15ClN2/c17-16-9-8-15(11-14(16)12-18)19-10-4-7-13-5-2-1-3-6-13/h1-3,5-6,8-9,11,19H,4,7,10H2. The van der Waals surface area contributed by atoms with E-state index in [0.29, 0.717) is 10.6 Å². The highest BCUT2D eigenvalue weighted by molar-refractivity contribution is 6.31. The average molecular weight is 271 g/mol. The van der Waals surface area contributed by atoms with Crippen LogP contribution in [0.1, 0.15) is 17.5 Å². The molecule has 2 aromatic carbocycles. The summed E-state index contributed by atoms with van der Waals surface area (Å²) in [5, 5.41) is 12.7. The number of nitriles is 1. The molecule has 3 heteroatoms. The molecule has 1 N–H and O–H groups in total. The van der Waals surface area contributed by atoms with Crippen LogP contribution in [0.15, 0.2) is 48.5 Å². The molecule has 0 heterocycles. The van der Waals surface area contributed by atoms with Crippen molar-refractivity contribution in [2.45, 2.75) is 12.8 Å². The SMILES string of the molecule is N#Cc1cc(NCCCc2ccccc2)ccc1Cl. The molecule has 0 atom stereocenters. The van der Waals surface area contributed by atoms with E-state index >= 15 is 0 Å². The van der Waals surface area contributed by atoms with E-state index in [0.717, 1.165) is 25.1 Å². The molecule has 0 radical (unpaired) electrons. The van der Waals surface area contributed by atoms with Gasteiger partial charge in [0.2, 0.25) is 0 Å². The molecular formula is C16H15ClN2. The molecule has 2 rings (SSSR count). The van der Waals surface area contributed by atoms with Gasteiger partial charge < -0.3 is 5.32 Å². The third kappa shape index (κ3) is 4.01. The molecule has 0 unspecified atom stereocenters. The van der Waals surface area contributed by atoms with Crippen molar-refractivity contribution in [2.75, 3.05) is 11.9 Å². The van der Waals surface area contributed by atoms with Crippen LogP contribution in [0.5, 0.6) is 0 Å². The van der Waals surface area contributed by atoms with Gasteiger partial charge in [-0.25, -0.2) is 0 Å². The van der Waals surface area contributed by atoms with Crippen molar-refractivity contribution in [3.63, 3.8) is 0 Å². The molecule has 0 bridgehead atoms. The van der Waals surface area contributed by atoms with Gasteiger partial charge >= 0.3 is 0 Å². The first kappa shape index (κ1) is 13.5. The summed E-state index contributed by atoms with van der Waals surface area (Å²) in [6.07, 6.45) is 2.10. The van der Waals surface area contributed by atoms with Gasteiger partial charge in [-0.05, 0) is 36.6 Å². The fourth-order valence-electron chi connectivity index (χ4n) is 1.89. The number of nitrogens with zero attached hydrogens (tertiary/aromatic N) is 1. The minimum absolute atomic E-state index is 0.498. The van der Waals surface area contributed by atoms with E-state index in [1.54, 1.807) is 12.1 Å². The van der Waals surface area contributed by atoms with Crippen LogP contribution in [0.3, 0.4) is 0 Å². The second-order valence-corrected chi connectivity index (χ2v) is 4.73. The van der Waals surface area contributed by atoms with E-state index in [9.17, 15) is 0 Å². The fourth-order valence-corrected chi connectivity index (χ4v) is 2.05. The summed E-state index contributed by atoms with van der Waals surface area (Å²) >= 11 is 5.89. The molecule has 0 aliphatic carbocycles. The molecule has 0 aromatic heterocycles. The molecule has 0 saturated heterocycles. The Hall–Kier alpha value is -1.98. The monoisotopic (exact) mass is 270 g/mol. The molecule has 19 heavy (non-hydrogen) atoms. The predicted octanol–water partition coefficient (Wildman–Crippen LogP) is 4.26. The first-order chi connectivity index (χ1) is 9.29. The zero-order valence-corrected chi connectivity index (χ0v) is 11.3. The number of nitrogens with one attached hydrogen (secondary N) is 1. The molecule has 0 spiro atoms. The van der Waals surface area contributed by atoms with E-state index in [2.05, 4.69) is 35.7 Å². The van der Waals surface area contributed by atoms with E-state index in [1.165, 1.54) is 5.56 Å². The van der Waals surface area contributed by atoms with Crippen molar-refractivity contribution in [1.82, 2.24) is 0 Å². The largest absolute Gasteiger partial charge is 0.385 e. The lowest BCUT2D eigenvalue weighted by molar-refractivity contribution is 0.863. The van der Waals surface area contributed by atoms with Crippen LogP contribution in [0, 0.1) is 11.3 Å².